The average Bonchev–Trinajstić information content (AvgIpc) is 2.66. The van der Waals surface area contributed by atoms with Gasteiger partial charge in [0, 0.05) is 21.8 Å². The second kappa shape index (κ2) is 5.88. The third-order valence-corrected chi connectivity index (χ3v) is 4.02. The van der Waals surface area contributed by atoms with E-state index < -0.39 is 0 Å². The summed E-state index contributed by atoms with van der Waals surface area (Å²) in [7, 11) is 0. The second-order valence-corrected chi connectivity index (χ2v) is 5.80. The molecule has 2 aromatic rings. The Bertz CT molecular complexity index is 558. The maximum atomic E-state index is 6.16. The highest BCUT2D eigenvalue weighted by molar-refractivity contribution is 9.10. The molecule has 1 heterocycles. The van der Waals surface area contributed by atoms with Crippen LogP contribution in [0, 0.1) is 13.8 Å². The van der Waals surface area contributed by atoms with Gasteiger partial charge >= 0.3 is 0 Å². The zero-order chi connectivity index (χ0) is 14.0. The second-order valence-electron chi connectivity index (χ2n) is 4.88. The predicted molar refractivity (Wildman–Crippen MR) is 82.2 cm³/mol. The van der Waals surface area contributed by atoms with Gasteiger partial charge in [-0.2, -0.15) is 5.10 Å². The summed E-state index contributed by atoms with van der Waals surface area (Å²) in [5, 5.41) is 4.62. The lowest BCUT2D eigenvalue weighted by Crippen LogP contribution is -2.11. The van der Waals surface area contributed by atoms with Crippen LogP contribution in [0.5, 0.6) is 0 Å². The highest BCUT2D eigenvalue weighted by Crippen LogP contribution is 2.23. The van der Waals surface area contributed by atoms with E-state index in [9.17, 15) is 0 Å². The van der Waals surface area contributed by atoms with Crippen LogP contribution in [0.2, 0.25) is 0 Å². The minimum Gasteiger partial charge on any atom is -0.324 e. The van der Waals surface area contributed by atoms with Gasteiger partial charge in [0.05, 0.1) is 12.2 Å². The summed E-state index contributed by atoms with van der Waals surface area (Å²) < 4.78 is 3.14. The van der Waals surface area contributed by atoms with Gasteiger partial charge < -0.3 is 5.73 Å². The van der Waals surface area contributed by atoms with Crippen molar-refractivity contribution >= 4 is 15.9 Å². The predicted octanol–water partition coefficient (Wildman–Crippen LogP) is 3.72. The van der Waals surface area contributed by atoms with Crippen LogP contribution in [-0.2, 0) is 6.54 Å². The molecule has 2 N–H and O–H groups in total. The van der Waals surface area contributed by atoms with Gasteiger partial charge in [-0.05, 0) is 38.0 Å². The Morgan fingerprint density at radius 2 is 1.89 bits per heavy atom. The first kappa shape index (κ1) is 14.3. The molecule has 19 heavy (non-hydrogen) atoms. The van der Waals surface area contributed by atoms with Gasteiger partial charge in [0.2, 0.25) is 0 Å². The van der Waals surface area contributed by atoms with Gasteiger partial charge in [-0.25, -0.2) is 0 Å². The number of aryl methyl sites for hydroxylation is 1. The molecule has 0 radical (unpaired) electrons. The summed E-state index contributed by atoms with van der Waals surface area (Å²) in [6, 6.07) is 8.41. The van der Waals surface area contributed by atoms with Gasteiger partial charge in [0.15, 0.2) is 0 Å². The molecule has 0 fully saturated rings. The molecule has 1 unspecified atom stereocenters. The SMILES string of the molecule is CCC(N)c1c(C)nn(Cc2ccc(Br)cc2)c1C. The normalized spacial score (nSPS) is 12.7. The number of aromatic nitrogens is 2. The van der Waals surface area contributed by atoms with E-state index in [0.29, 0.717) is 0 Å². The summed E-state index contributed by atoms with van der Waals surface area (Å²) in [6.45, 7) is 7.03. The summed E-state index contributed by atoms with van der Waals surface area (Å²) in [6.07, 6.45) is 0.936. The lowest BCUT2D eigenvalue weighted by Gasteiger charge is -2.10. The van der Waals surface area contributed by atoms with Crippen molar-refractivity contribution in [2.45, 2.75) is 39.8 Å². The van der Waals surface area contributed by atoms with E-state index in [0.717, 1.165) is 23.1 Å². The molecule has 2 rings (SSSR count). The van der Waals surface area contributed by atoms with Crippen molar-refractivity contribution in [2.24, 2.45) is 5.73 Å². The average molecular weight is 322 g/mol. The fourth-order valence-electron chi connectivity index (χ4n) is 2.37. The molecular weight excluding hydrogens is 302 g/mol. The molecule has 0 saturated heterocycles. The van der Waals surface area contributed by atoms with E-state index in [1.54, 1.807) is 0 Å². The lowest BCUT2D eigenvalue weighted by atomic mass is 10.0. The van der Waals surface area contributed by atoms with E-state index in [1.165, 1.54) is 16.8 Å². The molecule has 0 aliphatic heterocycles. The molecule has 102 valence electrons. The third-order valence-electron chi connectivity index (χ3n) is 3.49. The maximum absolute atomic E-state index is 6.16. The largest absolute Gasteiger partial charge is 0.324 e. The van der Waals surface area contributed by atoms with E-state index in [2.05, 4.69) is 59.1 Å². The van der Waals surface area contributed by atoms with E-state index >= 15 is 0 Å². The Morgan fingerprint density at radius 1 is 1.26 bits per heavy atom. The summed E-state index contributed by atoms with van der Waals surface area (Å²) in [5.41, 5.74) is 10.8. The van der Waals surface area contributed by atoms with Crippen molar-refractivity contribution < 1.29 is 0 Å². The van der Waals surface area contributed by atoms with E-state index in [4.69, 9.17) is 5.73 Å². The Labute approximate surface area is 122 Å². The zero-order valence-corrected chi connectivity index (χ0v) is 13.2. The van der Waals surface area contributed by atoms with Crippen molar-refractivity contribution in [2.75, 3.05) is 0 Å². The standard InChI is InChI=1S/C15H20BrN3/c1-4-14(17)15-10(2)18-19(11(15)3)9-12-5-7-13(16)8-6-12/h5-8,14H,4,9,17H2,1-3H3. The molecule has 0 amide bonds. The maximum Gasteiger partial charge on any atom is 0.0662 e. The first-order valence-electron chi connectivity index (χ1n) is 6.56. The van der Waals surface area contributed by atoms with Gasteiger partial charge in [0.25, 0.3) is 0 Å². The van der Waals surface area contributed by atoms with Crippen molar-refractivity contribution in [3.8, 4) is 0 Å². The molecule has 0 aliphatic carbocycles. The molecule has 0 spiro atoms. The van der Waals surface area contributed by atoms with Crippen LogP contribution < -0.4 is 5.73 Å². The minimum atomic E-state index is 0.0821. The number of nitrogens with two attached hydrogens (primary N) is 1. The lowest BCUT2D eigenvalue weighted by molar-refractivity contribution is 0.650. The highest BCUT2D eigenvalue weighted by Gasteiger charge is 2.16. The summed E-state index contributed by atoms with van der Waals surface area (Å²) in [4.78, 5) is 0. The third kappa shape index (κ3) is 3.07. The number of nitrogens with zero attached hydrogens (tertiary/aromatic N) is 2. The molecule has 4 heteroatoms. The zero-order valence-electron chi connectivity index (χ0n) is 11.7. The fourth-order valence-corrected chi connectivity index (χ4v) is 2.63. The van der Waals surface area contributed by atoms with Crippen molar-refractivity contribution in [1.82, 2.24) is 9.78 Å². The summed E-state index contributed by atoms with van der Waals surface area (Å²) >= 11 is 3.45. The van der Waals surface area contributed by atoms with Crippen LogP contribution in [0.1, 0.15) is 41.9 Å². The van der Waals surface area contributed by atoms with Gasteiger partial charge in [-0.1, -0.05) is 35.0 Å². The highest BCUT2D eigenvalue weighted by atomic mass is 79.9. The molecule has 1 aromatic heterocycles. The van der Waals surface area contributed by atoms with Crippen LogP contribution in [0.25, 0.3) is 0 Å². The first-order chi connectivity index (χ1) is 9.02. The van der Waals surface area contributed by atoms with Crippen LogP contribution >= 0.6 is 15.9 Å². The fraction of sp³-hybridized carbons (Fsp3) is 0.400. The molecule has 1 aromatic carbocycles. The smallest absolute Gasteiger partial charge is 0.0662 e. The Hall–Kier alpha value is -1.13. The van der Waals surface area contributed by atoms with Gasteiger partial charge in [0.1, 0.15) is 0 Å². The van der Waals surface area contributed by atoms with Crippen molar-refractivity contribution in [1.29, 1.82) is 0 Å². The number of hydrogen-bond donors (Lipinski definition) is 1. The Balaban J connectivity index is 2.29. The number of hydrogen-bond acceptors (Lipinski definition) is 2. The quantitative estimate of drug-likeness (QED) is 0.932. The van der Waals surface area contributed by atoms with Crippen LogP contribution in [0.15, 0.2) is 28.7 Å². The number of rotatable bonds is 4. The van der Waals surface area contributed by atoms with E-state index in [1.807, 2.05) is 11.6 Å². The van der Waals surface area contributed by atoms with Crippen molar-refractivity contribution in [3.05, 3.63) is 51.3 Å². The summed E-state index contributed by atoms with van der Waals surface area (Å²) in [5.74, 6) is 0. The number of benzene rings is 1. The van der Waals surface area contributed by atoms with Crippen molar-refractivity contribution in [3.63, 3.8) is 0 Å². The first-order valence-corrected chi connectivity index (χ1v) is 7.36. The van der Waals surface area contributed by atoms with Gasteiger partial charge in [-0.3, -0.25) is 4.68 Å². The molecule has 3 nitrogen and oxygen atoms in total. The number of halogens is 1. The van der Waals surface area contributed by atoms with Gasteiger partial charge in [-0.15, -0.1) is 0 Å². The molecular formula is C15H20BrN3. The molecule has 1 atom stereocenters. The molecule has 0 bridgehead atoms. The van der Waals surface area contributed by atoms with Crippen LogP contribution in [0.4, 0.5) is 0 Å². The molecule has 0 saturated carbocycles. The van der Waals surface area contributed by atoms with Crippen LogP contribution in [0.3, 0.4) is 0 Å². The minimum absolute atomic E-state index is 0.0821. The Kier molecular flexibility index (Phi) is 4.42. The molecule has 0 aliphatic rings. The Morgan fingerprint density at radius 3 is 2.47 bits per heavy atom. The van der Waals surface area contributed by atoms with Crippen LogP contribution in [-0.4, -0.2) is 9.78 Å². The van der Waals surface area contributed by atoms with E-state index in [-0.39, 0.29) is 6.04 Å². The monoisotopic (exact) mass is 321 g/mol. The topological polar surface area (TPSA) is 43.8 Å².